The van der Waals surface area contributed by atoms with Crippen LogP contribution in [0.25, 0.3) is 0 Å². The van der Waals surface area contributed by atoms with E-state index in [1.54, 1.807) is 0 Å². The summed E-state index contributed by atoms with van der Waals surface area (Å²) < 4.78 is 25.8. The maximum Gasteiger partial charge on any atom is 0.252 e. The zero-order chi connectivity index (χ0) is 15.5. The molecule has 0 radical (unpaired) electrons. The quantitative estimate of drug-likeness (QED) is 0.813. The van der Waals surface area contributed by atoms with Gasteiger partial charge in [-0.05, 0) is 12.1 Å². The Balaban J connectivity index is 1.89. The number of hydrogen-bond acceptors (Lipinski definition) is 4. The summed E-state index contributed by atoms with van der Waals surface area (Å²) in [7, 11) is 0. The third-order valence-corrected chi connectivity index (χ3v) is 2.59. The molecule has 1 aromatic rings. The number of ether oxygens (including phenoxy) is 1. The lowest BCUT2D eigenvalue weighted by atomic mass is 10.0. The average Bonchev–Trinajstić information content (AvgIpc) is 2.32. The number of carbonyl (C=O) groups excluding carboxylic acids is 2. The third-order valence-electron chi connectivity index (χ3n) is 2.59. The first-order valence-corrected chi connectivity index (χ1v) is 5.50. The fraction of sp³-hybridized carbons (Fsp3) is 0.417. The molecule has 1 aliphatic heterocycles. The second-order valence-electron chi connectivity index (χ2n) is 4.04. The summed E-state index contributed by atoms with van der Waals surface area (Å²) in [5, 5.41) is 4.46. The summed E-state index contributed by atoms with van der Waals surface area (Å²) in [5.41, 5.74) is 0.108. The SMILES string of the molecule is [2H]C([2H])([2H])NC(=O)c1ccc(NC(=O)CC2COC2)nc1. The highest BCUT2D eigenvalue weighted by Gasteiger charge is 2.21. The highest BCUT2D eigenvalue weighted by Crippen LogP contribution is 2.15. The molecule has 2 N–H and O–H groups in total. The Labute approximate surface area is 109 Å². The summed E-state index contributed by atoms with van der Waals surface area (Å²) in [6, 6.07) is 2.85. The predicted octanol–water partition coefficient (Wildman–Crippen LogP) is 0.416. The van der Waals surface area contributed by atoms with Gasteiger partial charge in [-0.3, -0.25) is 9.59 Å². The van der Waals surface area contributed by atoms with Crippen molar-refractivity contribution in [2.45, 2.75) is 6.42 Å². The van der Waals surface area contributed by atoms with Crippen LogP contribution in [0.3, 0.4) is 0 Å². The maximum absolute atomic E-state index is 11.7. The molecule has 96 valence electrons. The number of anilines is 1. The van der Waals surface area contributed by atoms with Crippen LogP contribution >= 0.6 is 0 Å². The summed E-state index contributed by atoms with van der Waals surface area (Å²) in [6.07, 6.45) is 1.58. The van der Waals surface area contributed by atoms with Crippen LogP contribution in [0.2, 0.25) is 0 Å². The number of pyridine rings is 1. The van der Waals surface area contributed by atoms with Gasteiger partial charge >= 0.3 is 0 Å². The molecule has 18 heavy (non-hydrogen) atoms. The van der Waals surface area contributed by atoms with Gasteiger partial charge in [-0.15, -0.1) is 0 Å². The van der Waals surface area contributed by atoms with Gasteiger partial charge in [-0.1, -0.05) is 0 Å². The Morgan fingerprint density at radius 3 is 2.94 bits per heavy atom. The fourth-order valence-corrected chi connectivity index (χ4v) is 1.53. The van der Waals surface area contributed by atoms with E-state index in [4.69, 9.17) is 8.85 Å². The molecule has 0 aliphatic carbocycles. The highest BCUT2D eigenvalue weighted by molar-refractivity contribution is 5.94. The molecule has 0 atom stereocenters. The minimum absolute atomic E-state index is 0.108. The van der Waals surface area contributed by atoms with Crippen LogP contribution in [0.4, 0.5) is 5.82 Å². The molecule has 2 amide bonds. The van der Waals surface area contributed by atoms with Crippen LogP contribution in [0.5, 0.6) is 0 Å². The fourth-order valence-electron chi connectivity index (χ4n) is 1.53. The van der Waals surface area contributed by atoms with Gasteiger partial charge in [0.15, 0.2) is 0 Å². The monoisotopic (exact) mass is 252 g/mol. The second-order valence-corrected chi connectivity index (χ2v) is 4.04. The van der Waals surface area contributed by atoms with Crippen molar-refractivity contribution in [1.29, 1.82) is 0 Å². The lowest BCUT2D eigenvalue weighted by Gasteiger charge is -2.24. The van der Waals surface area contributed by atoms with E-state index in [2.05, 4.69) is 10.3 Å². The summed E-state index contributed by atoms with van der Waals surface area (Å²) in [4.78, 5) is 27.1. The largest absolute Gasteiger partial charge is 0.381 e. The number of nitrogens with zero attached hydrogens (tertiary/aromatic N) is 1. The van der Waals surface area contributed by atoms with Gasteiger partial charge in [0.25, 0.3) is 5.91 Å². The molecule has 1 fully saturated rings. The molecule has 2 heterocycles. The molecular weight excluding hydrogens is 234 g/mol. The lowest BCUT2D eigenvalue weighted by Crippen LogP contribution is -2.31. The van der Waals surface area contributed by atoms with Gasteiger partial charge < -0.3 is 15.4 Å². The summed E-state index contributed by atoms with van der Waals surface area (Å²) >= 11 is 0. The van der Waals surface area contributed by atoms with E-state index >= 15 is 0 Å². The van der Waals surface area contributed by atoms with Crippen molar-refractivity contribution in [3.63, 3.8) is 0 Å². The molecule has 0 unspecified atom stereocenters. The molecule has 1 saturated heterocycles. The molecule has 6 nitrogen and oxygen atoms in total. The zero-order valence-electron chi connectivity index (χ0n) is 12.6. The summed E-state index contributed by atoms with van der Waals surface area (Å²) in [5.74, 6) is -0.359. The number of hydrogen-bond donors (Lipinski definition) is 2. The van der Waals surface area contributed by atoms with E-state index in [1.165, 1.54) is 18.3 Å². The maximum atomic E-state index is 11.7. The van der Waals surface area contributed by atoms with Crippen molar-refractivity contribution in [2.75, 3.05) is 25.5 Å². The molecule has 0 aromatic carbocycles. The van der Waals surface area contributed by atoms with E-state index in [9.17, 15) is 9.59 Å². The Morgan fingerprint density at radius 2 is 2.39 bits per heavy atom. The normalized spacial score (nSPS) is 17.9. The first-order chi connectivity index (χ1) is 9.83. The Morgan fingerprint density at radius 1 is 1.56 bits per heavy atom. The average molecular weight is 252 g/mol. The van der Waals surface area contributed by atoms with Crippen molar-refractivity contribution in [1.82, 2.24) is 10.3 Å². The van der Waals surface area contributed by atoms with E-state index in [0.717, 1.165) is 0 Å². The van der Waals surface area contributed by atoms with E-state index in [-0.39, 0.29) is 17.4 Å². The minimum Gasteiger partial charge on any atom is -0.381 e. The highest BCUT2D eigenvalue weighted by atomic mass is 16.5. The predicted molar refractivity (Wildman–Crippen MR) is 65.2 cm³/mol. The number of aromatic nitrogens is 1. The molecule has 6 heteroatoms. The Hall–Kier alpha value is -1.95. The molecule has 1 aromatic heterocycles. The van der Waals surface area contributed by atoms with Crippen LogP contribution in [-0.2, 0) is 9.53 Å². The topological polar surface area (TPSA) is 80.3 Å². The number of amides is 2. The van der Waals surface area contributed by atoms with Crippen molar-refractivity contribution in [2.24, 2.45) is 5.92 Å². The van der Waals surface area contributed by atoms with Gasteiger partial charge in [-0.25, -0.2) is 4.98 Å². The van der Waals surface area contributed by atoms with Crippen molar-refractivity contribution < 1.29 is 18.4 Å². The standard InChI is InChI=1S/C12H15N3O3/c1-13-12(17)9-2-3-10(14-5-9)15-11(16)4-8-6-18-7-8/h2-3,5,8H,4,6-7H2,1H3,(H,13,17)(H,14,15,16)/i1D3. The molecule has 2 rings (SSSR count). The van der Waals surface area contributed by atoms with E-state index in [0.29, 0.717) is 25.5 Å². The van der Waals surface area contributed by atoms with Gasteiger partial charge in [0.2, 0.25) is 5.91 Å². The minimum atomic E-state index is -2.55. The first-order valence-electron chi connectivity index (χ1n) is 7.00. The van der Waals surface area contributed by atoms with Gasteiger partial charge in [0.05, 0.1) is 18.8 Å². The van der Waals surface area contributed by atoms with Crippen LogP contribution in [-0.4, -0.2) is 37.0 Å². The van der Waals surface area contributed by atoms with Crippen molar-refractivity contribution >= 4 is 17.6 Å². The number of carbonyl (C=O) groups is 2. The molecule has 0 spiro atoms. The zero-order valence-corrected chi connectivity index (χ0v) is 9.60. The molecule has 1 aliphatic rings. The second kappa shape index (κ2) is 5.59. The van der Waals surface area contributed by atoms with Crippen molar-refractivity contribution in [3.8, 4) is 0 Å². The number of rotatable bonds is 4. The van der Waals surface area contributed by atoms with Crippen LogP contribution < -0.4 is 10.6 Å². The van der Waals surface area contributed by atoms with Crippen LogP contribution in [0.15, 0.2) is 18.3 Å². The van der Waals surface area contributed by atoms with Gasteiger partial charge in [0.1, 0.15) is 5.82 Å². The van der Waals surface area contributed by atoms with Gasteiger partial charge in [-0.2, -0.15) is 0 Å². The summed E-state index contributed by atoms with van der Waals surface area (Å²) in [6.45, 7) is -1.36. The van der Waals surface area contributed by atoms with Crippen LogP contribution in [0.1, 0.15) is 20.9 Å². The van der Waals surface area contributed by atoms with Gasteiger partial charge in [0, 0.05) is 29.6 Å². The lowest BCUT2D eigenvalue weighted by molar-refractivity contribution is -0.121. The Kier molecular flexibility index (Phi) is 2.81. The van der Waals surface area contributed by atoms with E-state index < -0.39 is 12.9 Å². The Bertz CT molecular complexity index is 527. The number of nitrogens with one attached hydrogen (secondary N) is 2. The third kappa shape index (κ3) is 3.04. The first kappa shape index (κ1) is 9.04. The molecule has 0 bridgehead atoms. The van der Waals surface area contributed by atoms with Crippen molar-refractivity contribution in [3.05, 3.63) is 23.9 Å². The van der Waals surface area contributed by atoms with Crippen LogP contribution in [0, 0.1) is 5.92 Å². The smallest absolute Gasteiger partial charge is 0.252 e. The molecular formula is C12H15N3O3. The van der Waals surface area contributed by atoms with E-state index in [1.807, 2.05) is 5.32 Å². The molecule has 0 saturated carbocycles.